The quantitative estimate of drug-likeness (QED) is 0.00876. The lowest BCUT2D eigenvalue weighted by Gasteiger charge is -2.41. The molecule has 2 heterocycles. The van der Waals surface area contributed by atoms with Crippen LogP contribution in [0.1, 0.15) is 164 Å². The number of Topliss-reactive ketones (excluding diaryl/α,β-unsaturated/α-hetero) is 3. The van der Waals surface area contributed by atoms with E-state index >= 15 is 0 Å². The molecular formula is C86H128F5N9O18. The number of anilines is 1. The average molecular weight is 1670 g/mol. The van der Waals surface area contributed by atoms with E-state index in [1.165, 1.54) is 12.0 Å². The van der Waals surface area contributed by atoms with Gasteiger partial charge in [0.05, 0.1) is 108 Å². The van der Waals surface area contributed by atoms with Gasteiger partial charge in [-0.25, -0.2) is 18.0 Å². The number of hydrogen-bond donors (Lipinski definition) is 5. The number of nitrogens with zero attached hydrogens (tertiary/aromatic N) is 4. The maximum Gasteiger partial charge on any atom is 0.314 e. The van der Waals surface area contributed by atoms with E-state index in [1.54, 1.807) is 75.9 Å². The SMILES string of the molecule is CC[C@H](C)[C@@H]([C@@H](CC(=O)N1CCC[C@H]1[C@H](OC)[C@@H](C)C(=O)C[C@@H](Cc1ccccc1)C(=O)NCc1ccc(NC(=O)[C@H](CCCNC(N)=O)CC(=O)[C@@H](NC(=O)CCOCCOCCOCCOCCC(=O)N2CCC(C(=O)Oc3c(F)c(F)c(F)c(F)c3F)CC2C)C(C)C)cc1)OC)N(C)C(=O)[C@@H](CC(=O)[C@H](C(C)C)N(C)C)C(C)C. The number of piperidine rings is 1. The summed E-state index contributed by atoms with van der Waals surface area (Å²) >= 11 is 0. The highest BCUT2D eigenvalue weighted by molar-refractivity contribution is 5.98. The van der Waals surface area contributed by atoms with Gasteiger partial charge in [-0.1, -0.05) is 111 Å². The largest absolute Gasteiger partial charge is 0.420 e. The number of esters is 1. The molecule has 3 aromatic carbocycles. The number of halogens is 5. The van der Waals surface area contributed by atoms with Gasteiger partial charge in [-0.05, 0) is 113 Å². The normalized spacial score (nSPS) is 17.6. The number of amides is 8. The van der Waals surface area contributed by atoms with Gasteiger partial charge in [-0.3, -0.25) is 52.8 Å². The summed E-state index contributed by atoms with van der Waals surface area (Å²) in [5, 5.41) is 11.2. The third-order valence-electron chi connectivity index (χ3n) is 22.4. The molecule has 2 unspecified atom stereocenters. The van der Waals surface area contributed by atoms with Crippen molar-refractivity contribution in [2.75, 3.05) is 113 Å². The summed E-state index contributed by atoms with van der Waals surface area (Å²) in [5.41, 5.74) is 7.22. The summed E-state index contributed by atoms with van der Waals surface area (Å²) in [4.78, 5) is 157. The molecule has 2 aliphatic rings. The maximum absolute atomic E-state index is 14.7. The molecule has 118 heavy (non-hydrogen) atoms. The summed E-state index contributed by atoms with van der Waals surface area (Å²) in [7, 11) is 8.55. The van der Waals surface area contributed by atoms with Crippen molar-refractivity contribution in [2.24, 2.45) is 59.0 Å². The second-order valence-corrected chi connectivity index (χ2v) is 32.2. The zero-order valence-corrected chi connectivity index (χ0v) is 71.4. The molecule has 5 rings (SSSR count). The predicted octanol–water partition coefficient (Wildman–Crippen LogP) is 9.74. The maximum atomic E-state index is 14.7. The molecule has 2 fully saturated rings. The molecule has 13 atom stereocenters. The van der Waals surface area contributed by atoms with Crippen molar-refractivity contribution in [2.45, 2.75) is 208 Å². The number of ether oxygens (including phenoxy) is 7. The summed E-state index contributed by atoms with van der Waals surface area (Å²) in [6.07, 6.45) is 0.868. The third-order valence-corrected chi connectivity index (χ3v) is 22.4. The van der Waals surface area contributed by atoms with E-state index in [0.29, 0.717) is 43.5 Å². The molecule has 0 bridgehead atoms. The Morgan fingerprint density at radius 3 is 1.73 bits per heavy atom. The lowest BCUT2D eigenvalue weighted by atomic mass is 9.83. The Bertz CT molecular complexity index is 3710. The van der Waals surface area contributed by atoms with Crippen molar-refractivity contribution >= 4 is 70.5 Å². The molecule has 6 N–H and O–H groups in total. The smallest absolute Gasteiger partial charge is 0.314 e. The first-order valence-corrected chi connectivity index (χ1v) is 41.2. The Labute approximate surface area is 691 Å². The van der Waals surface area contributed by atoms with Crippen LogP contribution in [-0.4, -0.2) is 235 Å². The molecule has 8 amide bonds. The van der Waals surface area contributed by atoms with E-state index < -0.39 is 125 Å². The first-order chi connectivity index (χ1) is 56.0. The van der Waals surface area contributed by atoms with Crippen molar-refractivity contribution in [3.63, 3.8) is 0 Å². The van der Waals surface area contributed by atoms with Crippen molar-refractivity contribution in [1.29, 1.82) is 0 Å². The van der Waals surface area contributed by atoms with Crippen LogP contribution < -0.4 is 31.7 Å². The number of primary amides is 1. The van der Waals surface area contributed by atoms with E-state index in [4.69, 9.17) is 34.2 Å². The van der Waals surface area contributed by atoms with Gasteiger partial charge in [0.2, 0.25) is 70.3 Å². The summed E-state index contributed by atoms with van der Waals surface area (Å²) in [6, 6.07) is 12.6. The molecule has 0 saturated carbocycles. The highest BCUT2D eigenvalue weighted by atomic mass is 19.2. The topological polar surface area (TPSA) is 339 Å². The molecule has 2 aliphatic heterocycles. The molecule has 27 nitrogen and oxygen atoms in total. The Morgan fingerprint density at radius 2 is 1.19 bits per heavy atom. The second kappa shape index (κ2) is 50.6. The number of carbonyl (C=O) groups excluding carboxylic acids is 11. The Hall–Kier alpha value is -8.40. The van der Waals surface area contributed by atoms with Gasteiger partial charge in [-0.2, -0.15) is 8.78 Å². The van der Waals surface area contributed by atoms with Gasteiger partial charge < -0.3 is 74.9 Å². The predicted molar refractivity (Wildman–Crippen MR) is 432 cm³/mol. The van der Waals surface area contributed by atoms with E-state index in [1.807, 2.05) is 90.9 Å². The molecule has 660 valence electrons. The third kappa shape index (κ3) is 30.7. The summed E-state index contributed by atoms with van der Waals surface area (Å²) in [6.45, 7) is 20.8. The molecule has 0 radical (unpaired) electrons. The monoisotopic (exact) mass is 1670 g/mol. The summed E-state index contributed by atoms with van der Waals surface area (Å²) in [5.74, 6) is -21.3. The number of likely N-dealkylation sites (N-methyl/N-ethyl adjacent to an activating group) is 2. The van der Waals surface area contributed by atoms with Crippen molar-refractivity contribution < 1.29 is 108 Å². The zero-order valence-electron chi connectivity index (χ0n) is 71.4. The van der Waals surface area contributed by atoms with Crippen LogP contribution in [0, 0.1) is 82.3 Å². The van der Waals surface area contributed by atoms with Crippen LogP contribution in [0.2, 0.25) is 0 Å². The number of rotatable bonds is 53. The number of ketones is 3. The van der Waals surface area contributed by atoms with Gasteiger partial charge in [0.15, 0.2) is 11.6 Å². The van der Waals surface area contributed by atoms with Gasteiger partial charge in [0.1, 0.15) is 5.78 Å². The van der Waals surface area contributed by atoms with Gasteiger partial charge in [0, 0.05) is 109 Å². The van der Waals surface area contributed by atoms with Crippen LogP contribution in [0.4, 0.5) is 32.4 Å². The molecule has 32 heteroatoms. The number of nitrogens with one attached hydrogen (secondary N) is 4. The van der Waals surface area contributed by atoms with Crippen molar-refractivity contribution in [1.82, 2.24) is 35.6 Å². The zero-order chi connectivity index (χ0) is 87.6. The summed E-state index contributed by atoms with van der Waals surface area (Å²) < 4.78 is 108. The fraction of sp³-hybridized carbons (Fsp3) is 0.663. The molecular weight excluding hydrogens is 1540 g/mol. The van der Waals surface area contributed by atoms with Crippen LogP contribution in [0.25, 0.3) is 0 Å². The Morgan fingerprint density at radius 1 is 0.602 bits per heavy atom. The second-order valence-electron chi connectivity index (χ2n) is 32.2. The first kappa shape index (κ1) is 100. The highest BCUT2D eigenvalue weighted by Crippen LogP contribution is 2.35. The van der Waals surface area contributed by atoms with Crippen LogP contribution in [-0.2, 0) is 89.3 Å². The van der Waals surface area contributed by atoms with E-state index in [9.17, 15) is 74.7 Å². The lowest BCUT2D eigenvalue weighted by molar-refractivity contribution is -0.149. The van der Waals surface area contributed by atoms with Crippen LogP contribution in [0.3, 0.4) is 0 Å². The molecule has 0 spiro atoms. The number of benzene rings is 3. The molecule has 0 aliphatic carbocycles. The number of hydrogen-bond acceptors (Lipinski definition) is 19. The van der Waals surface area contributed by atoms with Crippen LogP contribution in [0.15, 0.2) is 54.6 Å². The lowest BCUT2D eigenvalue weighted by Crippen LogP contribution is -2.54. The van der Waals surface area contributed by atoms with Gasteiger partial charge in [0.25, 0.3) is 0 Å². The van der Waals surface area contributed by atoms with Gasteiger partial charge in [-0.15, -0.1) is 0 Å². The van der Waals surface area contributed by atoms with Crippen molar-refractivity contribution in [3.8, 4) is 5.75 Å². The standard InChI is InChI=1S/C86H128F5N9O18/c1-16-54(8)79(98(13)84(109)63(51(2)3)48-67(103)78(53(6)7)97(11)12)68(112-14)49-71(106)100-34-21-25-64(100)80(113-15)56(10)65(101)47-61(45-57-22-18-17-19-23-57)82(107)94-50-58-26-28-62(29-27-58)95-83(108)59(24-20-33-93-86(92)111)46-66(102)77(52(4)5)96-69(104)31-36-114-38-40-116-42-43-117-41-39-115-37-32-70(105)99-35-30-60(44-55(99)9)85(110)118-81-75(90)73(88)72(87)74(89)76(81)91/h17-19,22-23,26-29,51-56,59-61,63-64,68,77-80H,16,20-21,24-25,30-50H2,1-15H3,(H,94,107)(H,95,108)(H,96,104)(H3,92,93,111)/t54-,55?,56-,59+,60?,61+,63-,64-,68+,77-,78-,79-,80+/m0/s1. The van der Waals surface area contributed by atoms with Crippen molar-refractivity contribution in [3.05, 3.63) is 94.8 Å². The Balaban J connectivity index is 1.07. The number of urea groups is 1. The minimum atomic E-state index is -2.38. The number of likely N-dealkylation sites (tertiary alicyclic amines) is 2. The van der Waals surface area contributed by atoms with E-state index in [-0.39, 0.29) is 207 Å². The van der Waals surface area contributed by atoms with E-state index in [2.05, 4.69) is 26.0 Å². The van der Waals surface area contributed by atoms with Crippen LogP contribution in [0.5, 0.6) is 5.75 Å². The van der Waals surface area contributed by atoms with E-state index in [0.717, 1.165) is 5.56 Å². The molecule has 0 aromatic heterocycles. The highest BCUT2D eigenvalue weighted by Gasteiger charge is 2.45. The van der Waals surface area contributed by atoms with Crippen LogP contribution >= 0.6 is 0 Å². The minimum absolute atomic E-state index is 0.00108. The van der Waals surface area contributed by atoms with Gasteiger partial charge >= 0.3 is 12.0 Å². The molecule has 3 aromatic rings. The molecule has 2 saturated heterocycles. The fourth-order valence-corrected chi connectivity index (χ4v) is 15.6. The Kier molecular flexibility index (Phi) is 43.0. The first-order valence-electron chi connectivity index (χ1n) is 41.2. The number of nitrogens with two attached hydrogens (primary N) is 1. The number of carbonyl (C=O) groups is 11. The fourth-order valence-electron chi connectivity index (χ4n) is 15.6. The average Bonchev–Trinajstić information content (AvgIpc) is 1.11. The number of methoxy groups -OCH3 is 2. The minimum Gasteiger partial charge on any atom is -0.420 e.